The summed E-state index contributed by atoms with van der Waals surface area (Å²) in [6.07, 6.45) is -35.2. The van der Waals surface area contributed by atoms with Gasteiger partial charge in [0.15, 0.2) is 37.4 Å². The quantitative estimate of drug-likeness (QED) is 0.0330. The van der Waals surface area contributed by atoms with Gasteiger partial charge in [0.05, 0.1) is 55.8 Å². The number of hydrogen-bond acceptors (Lipinski definition) is 27. The molecule has 4 saturated heterocycles. The van der Waals surface area contributed by atoms with Gasteiger partial charge < -0.3 is 124 Å². The lowest BCUT2D eigenvalue weighted by Crippen LogP contribution is -2.73. The summed E-state index contributed by atoms with van der Waals surface area (Å²) >= 11 is 0. The second-order valence-corrected chi connectivity index (χ2v) is 28.4. The van der Waals surface area contributed by atoms with Gasteiger partial charge in [-0.25, -0.2) is 9.59 Å². The molecule has 0 aromatic heterocycles. The lowest BCUT2D eigenvalue weighted by Gasteiger charge is -2.72. The molecule has 4 saturated carbocycles. The number of carbonyl (C=O) groups is 3. The first-order chi connectivity index (χ1) is 41.6. The second-order valence-electron chi connectivity index (χ2n) is 28.4. The minimum absolute atomic E-state index is 0.0948. The highest BCUT2D eigenvalue weighted by molar-refractivity contribution is 5.87. The Morgan fingerprint density at radius 1 is 0.640 bits per heavy atom. The Bertz CT molecular complexity index is 2600. The molecule has 9 aliphatic rings. The van der Waals surface area contributed by atoms with Gasteiger partial charge in [-0.3, -0.25) is 4.79 Å². The van der Waals surface area contributed by atoms with E-state index in [1.807, 2.05) is 20.8 Å². The van der Waals surface area contributed by atoms with Crippen molar-refractivity contribution in [1.82, 2.24) is 0 Å². The third-order valence-corrected chi connectivity index (χ3v) is 23.1. The Hall–Kier alpha value is -2.99. The molecule has 0 spiro atoms. The van der Waals surface area contributed by atoms with E-state index in [4.69, 9.17) is 47.4 Å². The molecule has 8 fully saturated rings. The number of rotatable bonds is 16. The largest absolute Gasteiger partial charge is 0.479 e. The molecule has 5 aliphatic carbocycles. The monoisotopic (exact) mass is 1280 g/mol. The molecule has 4 aliphatic heterocycles. The van der Waals surface area contributed by atoms with Crippen LogP contribution < -0.4 is 0 Å². The zero-order valence-electron chi connectivity index (χ0n) is 52.0. The SMILES string of the molecule is C/C=C(/C)C(=O)O[C@H]1[C@@H](O)[C@@H](O)[C@H](O[C@@H]2[C@H](O)[C@]3(COC(C)=O)[C@H](O)C[C@]4(C)C(=CC[C@@H]5[C@@]6(C)CC[C@@H](O[C@H]7O[C@@H](C(=O)O)[C@@H](O[C@H]8O[C@H](CO)[C@@H](O)[C@@H](O)[C@@H]8O)[C@@H](O)[C@H]7O[C@H]7O[C@@H](CO)[C@@H](O)[C@@H](O)[C@@H]7O)[C@](C)(CO)[C@@H]6CC[C@]54C)[C@H]3CC2(C)C)O[C@@H]1C. The normalized spacial score (nSPS) is 51.5. The molecule has 508 valence electrons. The van der Waals surface area contributed by atoms with E-state index in [0.717, 1.165) is 5.57 Å². The number of aliphatic hydroxyl groups is 14. The fourth-order valence-corrected chi connectivity index (χ4v) is 17.6. The second kappa shape index (κ2) is 26.0. The number of carboxylic acids is 1. The summed E-state index contributed by atoms with van der Waals surface area (Å²) in [5.41, 5.74) is -4.43. The lowest BCUT2D eigenvalue weighted by atomic mass is 9.33. The fraction of sp³-hybridized carbons (Fsp3) is 0.885. The topological polar surface area (TPSA) is 447 Å². The maximum Gasteiger partial charge on any atom is 0.335 e. The molecule has 32 atom stereocenters. The van der Waals surface area contributed by atoms with Crippen LogP contribution in [0.1, 0.15) is 114 Å². The van der Waals surface area contributed by atoms with Crippen LogP contribution in [0.4, 0.5) is 0 Å². The molecular weight excluding hydrogens is 1180 g/mol. The molecule has 28 heteroatoms. The van der Waals surface area contributed by atoms with Crippen LogP contribution in [0.2, 0.25) is 0 Å². The average Bonchev–Trinajstić information content (AvgIpc) is 0.671. The molecule has 0 amide bonds. The van der Waals surface area contributed by atoms with Gasteiger partial charge in [-0.1, -0.05) is 59.3 Å². The first kappa shape index (κ1) is 70.3. The molecule has 15 N–H and O–H groups in total. The summed E-state index contributed by atoms with van der Waals surface area (Å²) in [4.78, 5) is 38.7. The Morgan fingerprint density at radius 3 is 1.76 bits per heavy atom. The third kappa shape index (κ3) is 11.7. The van der Waals surface area contributed by atoms with E-state index >= 15 is 0 Å². The first-order valence-electron chi connectivity index (χ1n) is 31.0. The number of fused-ring (bicyclic) bond motifs is 7. The maximum atomic E-state index is 13.2. The molecule has 0 bridgehead atoms. The van der Waals surface area contributed by atoms with Crippen LogP contribution in [-0.4, -0.2) is 268 Å². The van der Waals surface area contributed by atoms with Gasteiger partial charge in [-0.2, -0.15) is 0 Å². The molecule has 0 aromatic carbocycles. The van der Waals surface area contributed by atoms with E-state index in [0.29, 0.717) is 25.7 Å². The van der Waals surface area contributed by atoms with Gasteiger partial charge in [0.1, 0.15) is 86.0 Å². The van der Waals surface area contributed by atoms with Crippen molar-refractivity contribution in [1.29, 1.82) is 0 Å². The van der Waals surface area contributed by atoms with Crippen molar-refractivity contribution in [3.05, 3.63) is 23.3 Å². The highest BCUT2D eigenvalue weighted by Gasteiger charge is 2.74. The number of aliphatic hydroxyl groups excluding tert-OH is 14. The Kier molecular flexibility index (Phi) is 20.5. The molecule has 0 radical (unpaired) electrons. The number of hydrogen-bond donors (Lipinski definition) is 15. The van der Waals surface area contributed by atoms with E-state index in [1.54, 1.807) is 26.8 Å². The first-order valence-corrected chi connectivity index (χ1v) is 31.0. The van der Waals surface area contributed by atoms with Crippen LogP contribution in [0.5, 0.6) is 0 Å². The summed E-state index contributed by atoms with van der Waals surface area (Å²) in [7, 11) is 0. The van der Waals surface area contributed by atoms with Gasteiger partial charge in [-0.15, -0.1) is 0 Å². The number of ether oxygens (including phenoxy) is 10. The standard InChI is InChI=1S/C61H96O28/c1-11-24(2)51(79)85-44-25(3)81-52(42(74)39(44)71)89-49-48(76)61(23-80-26(4)65)28(18-56(49,5)6)27-12-13-32-57(7)16-15-34(58(8,22-64)31(57)14-17-59(32,9)60(27,10)19-33(61)66)84-55-46(87-54-41(73)38(70)36(68)30(21-63)83-54)43(75)45(47(88-55)50(77)78)86-53-40(72)37(69)35(67)29(20-62)82-53/h11-12,25,28-49,52-55,62-64,66-76H,13-23H2,1-10H3,(H,77,78)/b24-11-/t25-,28-,29-,30+,31-,32-,33-,34-,35-,36-,37-,38-,39+,40+,41+,42-,43-,44-,45+,46-,47-,48+,49-,52+,53-,54-,55+,57+,58-,59-,60-,61+/m1/s1. The van der Waals surface area contributed by atoms with Crippen LogP contribution in [0.15, 0.2) is 23.3 Å². The summed E-state index contributed by atoms with van der Waals surface area (Å²) in [5.74, 6) is -4.21. The van der Waals surface area contributed by atoms with E-state index < -0.39 is 230 Å². The average molecular weight is 1280 g/mol. The minimum Gasteiger partial charge on any atom is -0.479 e. The number of allylic oxidation sites excluding steroid dienone is 3. The molecule has 9 rings (SSSR count). The van der Waals surface area contributed by atoms with E-state index in [-0.39, 0.29) is 36.7 Å². The van der Waals surface area contributed by atoms with Crippen molar-refractivity contribution in [2.45, 2.75) is 261 Å². The maximum absolute atomic E-state index is 13.2. The Labute approximate surface area is 516 Å². The number of aliphatic carboxylic acids is 1. The van der Waals surface area contributed by atoms with Crippen molar-refractivity contribution in [2.75, 3.05) is 26.4 Å². The smallest absolute Gasteiger partial charge is 0.335 e. The Morgan fingerprint density at radius 2 is 1.21 bits per heavy atom. The molecular formula is C61H96O28. The van der Waals surface area contributed by atoms with Crippen molar-refractivity contribution < 1.29 is 138 Å². The molecule has 4 heterocycles. The van der Waals surface area contributed by atoms with Crippen molar-refractivity contribution in [3.8, 4) is 0 Å². The van der Waals surface area contributed by atoms with Crippen LogP contribution in [0, 0.1) is 50.2 Å². The van der Waals surface area contributed by atoms with E-state index in [2.05, 4.69) is 26.8 Å². The predicted molar refractivity (Wildman–Crippen MR) is 300 cm³/mol. The van der Waals surface area contributed by atoms with Crippen LogP contribution in [0.25, 0.3) is 0 Å². The van der Waals surface area contributed by atoms with Gasteiger partial charge in [0, 0.05) is 17.9 Å². The van der Waals surface area contributed by atoms with Gasteiger partial charge in [0.25, 0.3) is 0 Å². The summed E-state index contributed by atoms with van der Waals surface area (Å²) < 4.78 is 60.0. The molecule has 0 unspecified atom stereocenters. The third-order valence-electron chi connectivity index (χ3n) is 23.1. The summed E-state index contributed by atoms with van der Waals surface area (Å²) in [6, 6.07) is 0. The van der Waals surface area contributed by atoms with Crippen molar-refractivity contribution in [2.24, 2.45) is 50.2 Å². The fourth-order valence-electron chi connectivity index (χ4n) is 17.6. The van der Waals surface area contributed by atoms with Crippen molar-refractivity contribution in [3.63, 3.8) is 0 Å². The number of carbonyl (C=O) groups excluding carboxylic acids is 2. The molecule has 0 aromatic rings. The Balaban J connectivity index is 1.00. The zero-order chi connectivity index (χ0) is 65.7. The van der Waals surface area contributed by atoms with Gasteiger partial charge >= 0.3 is 17.9 Å². The molecule has 28 nitrogen and oxygen atoms in total. The van der Waals surface area contributed by atoms with Crippen LogP contribution >= 0.6 is 0 Å². The van der Waals surface area contributed by atoms with Crippen molar-refractivity contribution >= 4 is 17.9 Å². The zero-order valence-corrected chi connectivity index (χ0v) is 52.0. The molecule has 89 heavy (non-hydrogen) atoms. The van der Waals surface area contributed by atoms with Crippen LogP contribution in [-0.2, 0) is 61.8 Å². The minimum atomic E-state index is -2.20. The van der Waals surface area contributed by atoms with E-state index in [9.17, 15) is 91.0 Å². The lowest BCUT2D eigenvalue weighted by molar-refractivity contribution is -0.392. The highest BCUT2D eigenvalue weighted by Crippen LogP contribution is 2.76. The van der Waals surface area contributed by atoms with Crippen LogP contribution in [0.3, 0.4) is 0 Å². The number of carboxylic acid groups (broad SMARTS) is 1. The van der Waals surface area contributed by atoms with E-state index in [1.165, 1.54) is 6.92 Å². The predicted octanol–water partition coefficient (Wildman–Crippen LogP) is -2.47. The summed E-state index contributed by atoms with van der Waals surface area (Å²) in [6.45, 7) is 15.4. The van der Waals surface area contributed by atoms with Gasteiger partial charge in [-0.05, 0) is 105 Å². The van der Waals surface area contributed by atoms with Gasteiger partial charge in [0.2, 0.25) is 0 Å². The number of esters is 2. The summed E-state index contributed by atoms with van der Waals surface area (Å²) in [5, 5.41) is 168. The highest BCUT2D eigenvalue weighted by atomic mass is 16.8.